The van der Waals surface area contributed by atoms with E-state index in [0.29, 0.717) is 5.56 Å². The summed E-state index contributed by atoms with van der Waals surface area (Å²) in [4.78, 5) is 19.4. The summed E-state index contributed by atoms with van der Waals surface area (Å²) < 4.78 is 14.1. The largest absolute Gasteiger partial charge is 0.381 e. The lowest BCUT2D eigenvalue weighted by Crippen LogP contribution is -2.01. The molecule has 19 heavy (non-hydrogen) atoms. The van der Waals surface area contributed by atoms with Gasteiger partial charge in [-0.15, -0.1) is 0 Å². The molecule has 96 valence electrons. The number of benzene rings is 2. The van der Waals surface area contributed by atoms with Crippen LogP contribution in [0.3, 0.4) is 0 Å². The van der Waals surface area contributed by atoms with Crippen LogP contribution in [-0.2, 0) is 0 Å². The molecule has 2 aromatic rings. The molecule has 0 atom stereocenters. The Hall–Kier alpha value is -2.83. The number of hydrogen-bond acceptors (Lipinski definition) is 4. The van der Waals surface area contributed by atoms with Crippen LogP contribution in [0.1, 0.15) is 0 Å². The van der Waals surface area contributed by atoms with Crippen molar-refractivity contribution in [2.24, 2.45) is 0 Å². The summed E-state index contributed by atoms with van der Waals surface area (Å²) in [5.41, 5.74) is -1.61. The van der Waals surface area contributed by atoms with Gasteiger partial charge in [-0.1, -0.05) is 30.3 Å². The third-order valence-electron chi connectivity index (χ3n) is 2.56. The average molecular weight is 262 g/mol. The molecule has 0 bridgehead atoms. The fraction of sp³-hybridized carbons (Fsp3) is 0. The highest BCUT2D eigenvalue weighted by molar-refractivity contribution is 5.71. The molecule has 0 heterocycles. The van der Waals surface area contributed by atoms with Crippen LogP contribution >= 0.6 is 0 Å². The van der Waals surface area contributed by atoms with E-state index in [-0.39, 0.29) is 5.56 Å². The van der Waals surface area contributed by atoms with Crippen LogP contribution in [0.15, 0.2) is 42.5 Å². The maximum Gasteiger partial charge on any atom is 0.381 e. The molecule has 0 saturated carbocycles. The normalized spacial score (nSPS) is 10.2. The van der Waals surface area contributed by atoms with Gasteiger partial charge in [0.1, 0.15) is 0 Å². The quantitative estimate of drug-likeness (QED) is 0.627. The Labute approximate surface area is 106 Å². The molecule has 0 saturated heterocycles. The van der Waals surface area contributed by atoms with Gasteiger partial charge >= 0.3 is 11.4 Å². The second-order valence-corrected chi connectivity index (χ2v) is 3.68. The van der Waals surface area contributed by atoms with Crippen LogP contribution in [0.5, 0.6) is 0 Å². The standard InChI is InChI=1S/C12H7FN2O4/c13-11-9(8-4-2-1-3-5-8)6-7-10(14(16)17)12(11)15(18)19/h1-7H. The Bertz CT molecular complexity index is 658. The smallest absolute Gasteiger partial charge is 0.258 e. The lowest BCUT2D eigenvalue weighted by molar-refractivity contribution is -0.424. The first kappa shape index (κ1) is 12.6. The lowest BCUT2D eigenvalue weighted by Gasteiger charge is -2.04. The highest BCUT2D eigenvalue weighted by Crippen LogP contribution is 2.35. The van der Waals surface area contributed by atoms with Crippen molar-refractivity contribution in [3.05, 3.63) is 68.5 Å². The molecular weight excluding hydrogens is 255 g/mol. The molecule has 0 aromatic heterocycles. The molecular formula is C12H7FN2O4. The van der Waals surface area contributed by atoms with Gasteiger partial charge in [-0.05, 0) is 11.6 Å². The Morgan fingerprint density at radius 3 is 2.05 bits per heavy atom. The number of nitrogens with zero attached hydrogens (tertiary/aromatic N) is 2. The summed E-state index contributed by atoms with van der Waals surface area (Å²) in [7, 11) is 0. The molecule has 2 aromatic carbocycles. The van der Waals surface area contributed by atoms with Gasteiger partial charge in [0.25, 0.3) is 0 Å². The van der Waals surface area contributed by atoms with Crippen molar-refractivity contribution in [1.82, 2.24) is 0 Å². The molecule has 0 spiro atoms. The van der Waals surface area contributed by atoms with Crippen LogP contribution < -0.4 is 0 Å². The van der Waals surface area contributed by atoms with Crippen molar-refractivity contribution in [3.63, 3.8) is 0 Å². The topological polar surface area (TPSA) is 86.3 Å². The van der Waals surface area contributed by atoms with Crippen LogP contribution in [-0.4, -0.2) is 9.85 Å². The number of rotatable bonds is 3. The van der Waals surface area contributed by atoms with E-state index in [9.17, 15) is 24.6 Å². The van der Waals surface area contributed by atoms with E-state index in [1.807, 2.05) is 0 Å². The third kappa shape index (κ3) is 2.25. The summed E-state index contributed by atoms with van der Waals surface area (Å²) >= 11 is 0. The maximum absolute atomic E-state index is 14.1. The van der Waals surface area contributed by atoms with Crippen LogP contribution in [0.25, 0.3) is 11.1 Å². The van der Waals surface area contributed by atoms with Crippen molar-refractivity contribution < 1.29 is 14.2 Å². The van der Waals surface area contributed by atoms with Gasteiger partial charge in [0, 0.05) is 11.6 Å². The molecule has 0 unspecified atom stereocenters. The molecule has 7 heteroatoms. The molecule has 0 aliphatic carbocycles. The van der Waals surface area contributed by atoms with Crippen LogP contribution in [0.2, 0.25) is 0 Å². The average Bonchev–Trinajstić information content (AvgIpc) is 2.38. The van der Waals surface area contributed by atoms with Crippen LogP contribution in [0.4, 0.5) is 15.8 Å². The van der Waals surface area contributed by atoms with Crippen molar-refractivity contribution >= 4 is 11.4 Å². The Balaban J connectivity index is 2.71. The van der Waals surface area contributed by atoms with E-state index in [1.165, 1.54) is 0 Å². The summed E-state index contributed by atoms with van der Waals surface area (Å²) in [6.07, 6.45) is 0. The number of nitro benzene ring substituents is 2. The van der Waals surface area contributed by atoms with Crippen molar-refractivity contribution in [2.75, 3.05) is 0 Å². The monoisotopic (exact) mass is 262 g/mol. The van der Waals surface area contributed by atoms with Gasteiger partial charge in [-0.25, -0.2) is 0 Å². The van der Waals surface area contributed by atoms with E-state index in [2.05, 4.69) is 0 Å². The van der Waals surface area contributed by atoms with E-state index >= 15 is 0 Å². The molecule has 0 radical (unpaired) electrons. The predicted molar refractivity (Wildman–Crippen MR) is 65.1 cm³/mol. The first-order valence-electron chi connectivity index (χ1n) is 5.19. The minimum Gasteiger partial charge on any atom is -0.258 e. The highest BCUT2D eigenvalue weighted by Gasteiger charge is 2.31. The zero-order chi connectivity index (χ0) is 14.0. The van der Waals surface area contributed by atoms with Crippen molar-refractivity contribution in [2.45, 2.75) is 0 Å². The third-order valence-corrected chi connectivity index (χ3v) is 2.56. The summed E-state index contributed by atoms with van der Waals surface area (Å²) in [6, 6.07) is 10.2. The first-order valence-corrected chi connectivity index (χ1v) is 5.19. The van der Waals surface area contributed by atoms with E-state index < -0.39 is 27.0 Å². The fourth-order valence-corrected chi connectivity index (χ4v) is 1.72. The first-order chi connectivity index (χ1) is 9.02. The number of hydrogen-bond donors (Lipinski definition) is 0. The Morgan fingerprint density at radius 2 is 1.53 bits per heavy atom. The molecule has 0 fully saturated rings. The minimum atomic E-state index is -1.20. The molecule has 0 aliphatic rings. The zero-order valence-corrected chi connectivity index (χ0v) is 9.45. The summed E-state index contributed by atoms with van der Waals surface area (Å²) in [5.74, 6) is -1.20. The molecule has 2 rings (SSSR count). The van der Waals surface area contributed by atoms with E-state index in [0.717, 1.165) is 12.1 Å². The number of halogens is 1. The second-order valence-electron chi connectivity index (χ2n) is 3.68. The van der Waals surface area contributed by atoms with Gasteiger partial charge in [0.15, 0.2) is 0 Å². The van der Waals surface area contributed by atoms with Crippen molar-refractivity contribution in [3.8, 4) is 11.1 Å². The molecule has 6 nitrogen and oxygen atoms in total. The Morgan fingerprint density at radius 1 is 0.895 bits per heavy atom. The Kier molecular flexibility index (Phi) is 3.19. The van der Waals surface area contributed by atoms with E-state index in [4.69, 9.17) is 0 Å². The highest BCUT2D eigenvalue weighted by atomic mass is 19.1. The predicted octanol–water partition coefficient (Wildman–Crippen LogP) is 3.31. The van der Waals surface area contributed by atoms with Crippen LogP contribution in [0, 0.1) is 26.0 Å². The second kappa shape index (κ2) is 4.81. The lowest BCUT2D eigenvalue weighted by atomic mass is 10.0. The zero-order valence-electron chi connectivity index (χ0n) is 9.45. The number of nitro groups is 2. The van der Waals surface area contributed by atoms with Gasteiger partial charge in [-0.3, -0.25) is 20.2 Å². The summed E-state index contributed by atoms with van der Waals surface area (Å²) in [6.45, 7) is 0. The maximum atomic E-state index is 14.1. The van der Waals surface area contributed by atoms with Crippen molar-refractivity contribution in [1.29, 1.82) is 0 Å². The SMILES string of the molecule is O=[N+]([O-])c1ccc(-c2ccccc2)c(F)c1[N+](=O)[O-]. The van der Waals surface area contributed by atoms with Gasteiger partial charge in [-0.2, -0.15) is 4.39 Å². The molecule has 0 N–H and O–H groups in total. The molecule has 0 aliphatic heterocycles. The van der Waals surface area contributed by atoms with Gasteiger partial charge in [0.05, 0.1) is 9.85 Å². The van der Waals surface area contributed by atoms with Gasteiger partial charge < -0.3 is 0 Å². The summed E-state index contributed by atoms with van der Waals surface area (Å²) in [5, 5.41) is 21.5. The fourth-order valence-electron chi connectivity index (χ4n) is 1.72. The molecule has 0 amide bonds. The minimum absolute atomic E-state index is 0.0436. The van der Waals surface area contributed by atoms with Gasteiger partial charge in [0.2, 0.25) is 5.82 Å². The van der Waals surface area contributed by atoms with E-state index in [1.54, 1.807) is 30.3 Å².